The van der Waals surface area contributed by atoms with Gasteiger partial charge in [-0.1, -0.05) is 6.07 Å². The molecule has 0 spiro atoms. The molecule has 3 rings (SSSR count). The van der Waals surface area contributed by atoms with Crippen molar-refractivity contribution >= 4 is 17.6 Å². The normalized spacial score (nSPS) is 12.5. The van der Waals surface area contributed by atoms with Gasteiger partial charge in [-0.25, -0.2) is 4.98 Å². The number of alkyl halides is 5. The van der Waals surface area contributed by atoms with Crippen LogP contribution in [0.4, 0.5) is 39.5 Å². The lowest BCUT2D eigenvalue weighted by molar-refractivity contribution is -0.141. The Labute approximate surface area is 185 Å². The van der Waals surface area contributed by atoms with Crippen molar-refractivity contribution in [2.45, 2.75) is 38.5 Å². The number of halogens is 5. The number of aliphatic hydroxyl groups is 1. The van der Waals surface area contributed by atoms with Gasteiger partial charge < -0.3 is 15.7 Å². The summed E-state index contributed by atoms with van der Waals surface area (Å²) < 4.78 is 66.4. The van der Waals surface area contributed by atoms with E-state index in [1.54, 1.807) is 0 Å². The molecule has 0 bridgehead atoms. The van der Waals surface area contributed by atoms with E-state index < -0.39 is 29.1 Å². The van der Waals surface area contributed by atoms with E-state index in [1.165, 1.54) is 32.2 Å². The topological polar surface area (TPSA) is 109 Å². The van der Waals surface area contributed by atoms with Crippen LogP contribution in [0.1, 0.15) is 32.2 Å². The molecule has 0 aliphatic heterocycles. The van der Waals surface area contributed by atoms with E-state index in [1.807, 2.05) is 0 Å². The number of aromatic nitrogens is 5. The molecule has 3 aromatic heterocycles. The third kappa shape index (κ3) is 6.75. The molecule has 0 atom stereocenters. The van der Waals surface area contributed by atoms with Crippen LogP contribution in [0.2, 0.25) is 0 Å². The first-order valence-corrected chi connectivity index (χ1v) is 9.59. The van der Waals surface area contributed by atoms with Crippen LogP contribution in [-0.4, -0.2) is 42.2 Å². The molecule has 0 unspecified atom stereocenters. The fraction of sp³-hybridized carbons (Fsp3) is 0.350. The van der Waals surface area contributed by atoms with Gasteiger partial charge in [0.1, 0.15) is 17.1 Å². The molecule has 0 saturated carbocycles. The van der Waals surface area contributed by atoms with Gasteiger partial charge >= 0.3 is 6.18 Å². The third-order valence-electron chi connectivity index (χ3n) is 4.05. The van der Waals surface area contributed by atoms with Crippen LogP contribution in [0.5, 0.6) is 0 Å². The van der Waals surface area contributed by atoms with E-state index in [0.29, 0.717) is 6.92 Å². The van der Waals surface area contributed by atoms with Crippen molar-refractivity contribution in [3.63, 3.8) is 0 Å². The van der Waals surface area contributed by atoms with Crippen molar-refractivity contribution in [1.29, 1.82) is 0 Å². The van der Waals surface area contributed by atoms with Crippen LogP contribution in [0.3, 0.4) is 0 Å². The number of hydrogen-bond donors (Lipinski definition) is 3. The molecule has 3 aromatic rings. The molecule has 8 nitrogen and oxygen atoms in total. The van der Waals surface area contributed by atoms with Gasteiger partial charge in [0.15, 0.2) is 5.82 Å². The van der Waals surface area contributed by atoms with Gasteiger partial charge in [0.2, 0.25) is 11.9 Å². The summed E-state index contributed by atoms with van der Waals surface area (Å²) in [6.07, 6.45) is -3.51. The molecule has 33 heavy (non-hydrogen) atoms. The van der Waals surface area contributed by atoms with Crippen molar-refractivity contribution in [1.82, 2.24) is 24.9 Å². The zero-order valence-corrected chi connectivity index (χ0v) is 17.7. The van der Waals surface area contributed by atoms with Gasteiger partial charge in [-0.15, -0.1) is 0 Å². The van der Waals surface area contributed by atoms with Gasteiger partial charge in [-0.05, 0) is 38.1 Å². The standard InChI is InChI=1S/C20H20F5N7O/c1-18(2,33)10-27-16-30-15(12-5-4-6-13(29-12)20(23,24)25)31-17(32-16)28-11-7-8-26-14(9-11)19(3,21)22/h4-9,33H,10H2,1-3H3,(H2,26,27,28,30,31,32). The van der Waals surface area contributed by atoms with Gasteiger partial charge in [0.25, 0.3) is 5.92 Å². The summed E-state index contributed by atoms with van der Waals surface area (Å²) in [4.78, 5) is 19.5. The van der Waals surface area contributed by atoms with E-state index in [2.05, 4.69) is 35.6 Å². The molecule has 0 aliphatic rings. The van der Waals surface area contributed by atoms with Crippen molar-refractivity contribution < 1.29 is 27.1 Å². The highest BCUT2D eigenvalue weighted by atomic mass is 19.4. The van der Waals surface area contributed by atoms with Crippen molar-refractivity contribution in [2.24, 2.45) is 0 Å². The first-order chi connectivity index (χ1) is 15.2. The Balaban J connectivity index is 2.02. The maximum Gasteiger partial charge on any atom is 0.433 e. The Bertz CT molecular complexity index is 1130. The van der Waals surface area contributed by atoms with Gasteiger partial charge in [-0.2, -0.15) is 36.9 Å². The van der Waals surface area contributed by atoms with Crippen LogP contribution in [-0.2, 0) is 12.1 Å². The summed E-state index contributed by atoms with van der Waals surface area (Å²) in [5.41, 5.74) is -2.80. The lowest BCUT2D eigenvalue weighted by Crippen LogP contribution is -2.30. The summed E-state index contributed by atoms with van der Waals surface area (Å²) in [6.45, 7) is 3.75. The smallest absolute Gasteiger partial charge is 0.389 e. The summed E-state index contributed by atoms with van der Waals surface area (Å²) in [5, 5.41) is 15.4. The van der Waals surface area contributed by atoms with E-state index in [0.717, 1.165) is 18.2 Å². The average Bonchev–Trinajstić information content (AvgIpc) is 2.71. The minimum atomic E-state index is -4.68. The van der Waals surface area contributed by atoms with Crippen LogP contribution < -0.4 is 10.6 Å². The van der Waals surface area contributed by atoms with Gasteiger partial charge in [0, 0.05) is 25.4 Å². The monoisotopic (exact) mass is 469 g/mol. The van der Waals surface area contributed by atoms with Crippen molar-refractivity contribution in [2.75, 3.05) is 17.2 Å². The first-order valence-electron chi connectivity index (χ1n) is 9.59. The summed E-state index contributed by atoms with van der Waals surface area (Å²) in [7, 11) is 0. The number of nitrogens with one attached hydrogen (secondary N) is 2. The molecule has 13 heteroatoms. The van der Waals surface area contributed by atoms with Crippen molar-refractivity contribution in [3.05, 3.63) is 47.9 Å². The number of rotatable bonds is 7. The van der Waals surface area contributed by atoms with E-state index >= 15 is 0 Å². The van der Waals surface area contributed by atoms with Crippen LogP contribution in [0, 0.1) is 0 Å². The van der Waals surface area contributed by atoms with E-state index in [-0.39, 0.29) is 35.6 Å². The van der Waals surface area contributed by atoms with Crippen LogP contribution >= 0.6 is 0 Å². The fourth-order valence-corrected chi connectivity index (χ4v) is 2.52. The summed E-state index contributed by atoms with van der Waals surface area (Å²) in [5.74, 6) is -3.61. The molecule has 0 radical (unpaired) electrons. The lowest BCUT2D eigenvalue weighted by Gasteiger charge is -2.18. The Morgan fingerprint density at radius 2 is 1.58 bits per heavy atom. The second-order valence-corrected chi connectivity index (χ2v) is 7.82. The Hall–Kier alpha value is -3.48. The number of nitrogens with zero attached hydrogens (tertiary/aromatic N) is 5. The minimum absolute atomic E-state index is 0.00732. The third-order valence-corrected chi connectivity index (χ3v) is 4.05. The molecule has 3 heterocycles. The lowest BCUT2D eigenvalue weighted by atomic mass is 10.1. The summed E-state index contributed by atoms with van der Waals surface area (Å²) >= 11 is 0. The van der Waals surface area contributed by atoms with E-state index in [4.69, 9.17) is 0 Å². The Morgan fingerprint density at radius 1 is 0.879 bits per heavy atom. The second-order valence-electron chi connectivity index (χ2n) is 7.82. The zero-order valence-electron chi connectivity index (χ0n) is 17.7. The predicted molar refractivity (Wildman–Crippen MR) is 110 cm³/mol. The number of pyridine rings is 2. The SMILES string of the molecule is CC(C)(O)CNc1nc(Nc2ccnc(C(C)(F)F)c2)nc(-c2cccc(C(F)(F)F)n2)n1. The minimum Gasteiger partial charge on any atom is -0.389 e. The fourth-order valence-electron chi connectivity index (χ4n) is 2.52. The molecule has 0 amide bonds. The molecule has 0 aliphatic carbocycles. The maximum atomic E-state index is 13.6. The molecule has 3 N–H and O–H groups in total. The van der Waals surface area contributed by atoms with Gasteiger partial charge in [0.05, 0.1) is 5.60 Å². The maximum absolute atomic E-state index is 13.6. The van der Waals surface area contributed by atoms with Crippen LogP contribution in [0.15, 0.2) is 36.5 Å². The van der Waals surface area contributed by atoms with Gasteiger partial charge in [-0.3, -0.25) is 4.98 Å². The highest BCUT2D eigenvalue weighted by molar-refractivity contribution is 5.59. The molecule has 0 saturated heterocycles. The number of hydrogen-bond acceptors (Lipinski definition) is 8. The predicted octanol–water partition coefficient (Wildman–Crippen LogP) is 4.39. The second kappa shape index (κ2) is 8.81. The molecule has 176 valence electrons. The molecular formula is C20H20F5N7O. The molecular weight excluding hydrogens is 449 g/mol. The van der Waals surface area contributed by atoms with E-state index in [9.17, 15) is 27.1 Å². The highest BCUT2D eigenvalue weighted by Gasteiger charge is 2.33. The van der Waals surface area contributed by atoms with Crippen LogP contribution in [0.25, 0.3) is 11.5 Å². The van der Waals surface area contributed by atoms with Crippen molar-refractivity contribution in [3.8, 4) is 11.5 Å². The Kier molecular flexibility index (Phi) is 6.45. The quantitative estimate of drug-likeness (QED) is 0.438. The number of anilines is 3. The molecule has 0 fully saturated rings. The summed E-state index contributed by atoms with van der Waals surface area (Å²) in [6, 6.07) is 5.74. The first kappa shape index (κ1) is 24.2. The Morgan fingerprint density at radius 3 is 2.21 bits per heavy atom. The largest absolute Gasteiger partial charge is 0.433 e. The molecule has 0 aromatic carbocycles. The average molecular weight is 469 g/mol. The highest BCUT2D eigenvalue weighted by Crippen LogP contribution is 2.30. The zero-order chi connectivity index (χ0) is 24.4.